The van der Waals surface area contributed by atoms with Crippen molar-refractivity contribution < 1.29 is 9.90 Å². The van der Waals surface area contributed by atoms with Gasteiger partial charge in [-0.25, -0.2) is 19.4 Å². The maximum absolute atomic E-state index is 11.1. The van der Waals surface area contributed by atoms with E-state index in [1.807, 2.05) is 12.1 Å². The molecule has 0 saturated carbocycles. The van der Waals surface area contributed by atoms with Crippen LogP contribution in [0.25, 0.3) is 16.6 Å². The number of carboxylic acid groups (broad SMARTS) is 1. The lowest BCUT2D eigenvalue weighted by Gasteiger charge is -2.06. The highest BCUT2D eigenvalue weighted by Gasteiger charge is 2.13. The minimum Gasteiger partial charge on any atom is -0.477 e. The number of rotatable bonds is 2. The molecule has 0 unspecified atom stereocenters. The first kappa shape index (κ1) is 11.8. The summed E-state index contributed by atoms with van der Waals surface area (Å²) in [7, 11) is 0. The van der Waals surface area contributed by atoms with Gasteiger partial charge in [-0.2, -0.15) is 5.26 Å². The van der Waals surface area contributed by atoms with E-state index in [1.54, 1.807) is 18.2 Å². The van der Waals surface area contributed by atoms with Gasteiger partial charge in [0.25, 0.3) is 5.82 Å². The van der Waals surface area contributed by atoms with Crippen LogP contribution in [0.4, 0.5) is 0 Å². The number of carbonyl (C=O) groups is 1. The van der Waals surface area contributed by atoms with Crippen molar-refractivity contribution in [3.63, 3.8) is 0 Å². The van der Waals surface area contributed by atoms with Crippen LogP contribution in [0.15, 0.2) is 36.7 Å². The smallest absolute Gasteiger partial charge is 0.354 e. The first-order valence-electron chi connectivity index (χ1n) is 5.64. The van der Waals surface area contributed by atoms with Gasteiger partial charge in [0, 0.05) is 5.39 Å². The maximum atomic E-state index is 11.1. The monoisotopic (exact) mass is 265 g/mol. The van der Waals surface area contributed by atoms with Gasteiger partial charge in [0.15, 0.2) is 11.5 Å². The normalized spacial score (nSPS) is 10.3. The van der Waals surface area contributed by atoms with Crippen LogP contribution in [0.2, 0.25) is 0 Å². The summed E-state index contributed by atoms with van der Waals surface area (Å²) < 4.78 is 1.30. The number of fused-ring (bicyclic) bond motifs is 1. The van der Waals surface area contributed by atoms with Crippen molar-refractivity contribution >= 4 is 16.7 Å². The Kier molecular flexibility index (Phi) is 2.62. The van der Waals surface area contributed by atoms with E-state index in [0.29, 0.717) is 5.82 Å². The van der Waals surface area contributed by atoms with Crippen LogP contribution < -0.4 is 0 Å². The number of nitrogens with zero attached hydrogens (tertiary/aromatic N) is 5. The molecule has 96 valence electrons. The molecule has 2 aromatic heterocycles. The van der Waals surface area contributed by atoms with Gasteiger partial charge < -0.3 is 5.11 Å². The molecule has 3 rings (SSSR count). The molecule has 1 aromatic carbocycles. The lowest BCUT2D eigenvalue weighted by molar-refractivity contribution is 0.0690. The molecule has 7 nitrogen and oxygen atoms in total. The zero-order valence-electron chi connectivity index (χ0n) is 10.1. The Hall–Kier alpha value is -3.27. The largest absolute Gasteiger partial charge is 0.477 e. The molecule has 0 amide bonds. The van der Waals surface area contributed by atoms with E-state index in [4.69, 9.17) is 10.4 Å². The second kappa shape index (κ2) is 4.44. The molecule has 0 aliphatic rings. The predicted octanol–water partition coefficient (Wildman–Crippen LogP) is 1.39. The van der Waals surface area contributed by atoms with E-state index in [1.165, 1.54) is 17.1 Å². The fourth-order valence-electron chi connectivity index (χ4n) is 1.88. The summed E-state index contributed by atoms with van der Waals surface area (Å²) in [5.41, 5.74) is -0.0901. The molecule has 7 heteroatoms. The summed E-state index contributed by atoms with van der Waals surface area (Å²) in [5, 5.41) is 23.3. The van der Waals surface area contributed by atoms with E-state index in [-0.39, 0.29) is 11.5 Å². The summed E-state index contributed by atoms with van der Waals surface area (Å²) in [5.74, 6) is -0.802. The predicted molar refractivity (Wildman–Crippen MR) is 68.3 cm³/mol. The lowest BCUT2D eigenvalue weighted by atomic mass is 10.1. The van der Waals surface area contributed by atoms with E-state index in [0.717, 1.165) is 10.8 Å². The molecule has 20 heavy (non-hydrogen) atoms. The number of pyridine rings is 1. The Bertz CT molecular complexity index is 863. The zero-order valence-corrected chi connectivity index (χ0v) is 10.1. The van der Waals surface area contributed by atoms with Crippen molar-refractivity contribution in [1.29, 1.82) is 5.26 Å². The average Bonchev–Trinajstić information content (AvgIpc) is 2.94. The third-order valence-corrected chi connectivity index (χ3v) is 2.75. The molecule has 2 heterocycles. The number of hydrogen-bond donors (Lipinski definition) is 1. The summed E-state index contributed by atoms with van der Waals surface area (Å²) in [4.78, 5) is 19.0. The van der Waals surface area contributed by atoms with Crippen LogP contribution in [0.1, 0.15) is 16.3 Å². The van der Waals surface area contributed by atoms with Gasteiger partial charge in [-0.1, -0.05) is 24.3 Å². The number of carboxylic acids is 1. The van der Waals surface area contributed by atoms with Crippen LogP contribution >= 0.6 is 0 Å². The minimum atomic E-state index is -1.13. The van der Waals surface area contributed by atoms with Gasteiger partial charge in [0.2, 0.25) is 0 Å². The van der Waals surface area contributed by atoms with Crippen molar-refractivity contribution in [3.8, 4) is 11.9 Å². The van der Waals surface area contributed by atoms with Gasteiger partial charge in [-0.15, -0.1) is 5.10 Å². The Morgan fingerprint density at radius 3 is 2.85 bits per heavy atom. The van der Waals surface area contributed by atoms with Crippen molar-refractivity contribution in [1.82, 2.24) is 19.7 Å². The second-order valence-electron chi connectivity index (χ2n) is 3.98. The van der Waals surface area contributed by atoms with Gasteiger partial charge in [0.1, 0.15) is 12.4 Å². The number of hydrogen-bond acceptors (Lipinski definition) is 5. The van der Waals surface area contributed by atoms with Crippen molar-refractivity contribution in [2.45, 2.75) is 0 Å². The molecule has 0 atom stereocenters. The topological polar surface area (TPSA) is 105 Å². The van der Waals surface area contributed by atoms with E-state index in [2.05, 4.69) is 15.1 Å². The van der Waals surface area contributed by atoms with Crippen LogP contribution in [0.5, 0.6) is 0 Å². The Labute approximate surface area is 112 Å². The number of aromatic nitrogens is 4. The minimum absolute atomic E-state index is 0.00314. The maximum Gasteiger partial charge on any atom is 0.354 e. The SMILES string of the molecule is N#Cc1ncn(-c2nc(C(=O)O)cc3ccccc23)n1. The number of nitriles is 1. The summed E-state index contributed by atoms with van der Waals surface area (Å²) >= 11 is 0. The molecule has 0 radical (unpaired) electrons. The fraction of sp³-hybridized carbons (Fsp3) is 0. The number of benzene rings is 1. The summed E-state index contributed by atoms with van der Waals surface area (Å²) in [6.45, 7) is 0. The van der Waals surface area contributed by atoms with Crippen molar-refractivity contribution in [2.24, 2.45) is 0 Å². The molecule has 1 N–H and O–H groups in total. The zero-order chi connectivity index (χ0) is 14.1. The highest BCUT2D eigenvalue weighted by atomic mass is 16.4. The summed E-state index contributed by atoms with van der Waals surface area (Å²) in [6.07, 6.45) is 1.33. The van der Waals surface area contributed by atoms with Crippen LogP contribution in [-0.4, -0.2) is 30.8 Å². The first-order chi connectivity index (χ1) is 9.69. The third kappa shape index (κ3) is 1.85. The standard InChI is InChI=1S/C13H7N5O2/c14-6-11-15-7-18(17-11)12-9-4-2-1-3-8(9)5-10(16-12)13(19)20/h1-5,7H,(H,19,20). The molecule has 0 aliphatic heterocycles. The molecule has 0 fully saturated rings. The lowest BCUT2D eigenvalue weighted by Crippen LogP contribution is -2.06. The van der Waals surface area contributed by atoms with Crippen LogP contribution in [0.3, 0.4) is 0 Å². The van der Waals surface area contributed by atoms with Gasteiger partial charge in [-0.05, 0) is 11.5 Å². The van der Waals surface area contributed by atoms with E-state index < -0.39 is 5.97 Å². The second-order valence-corrected chi connectivity index (χ2v) is 3.98. The molecule has 0 aliphatic carbocycles. The first-order valence-corrected chi connectivity index (χ1v) is 5.64. The summed E-state index contributed by atoms with van der Waals surface area (Å²) in [6, 6.07) is 10.5. The Morgan fingerprint density at radius 1 is 1.35 bits per heavy atom. The van der Waals surface area contributed by atoms with E-state index >= 15 is 0 Å². The van der Waals surface area contributed by atoms with Crippen molar-refractivity contribution in [2.75, 3.05) is 0 Å². The quantitative estimate of drug-likeness (QED) is 0.750. The van der Waals surface area contributed by atoms with E-state index in [9.17, 15) is 4.79 Å². The molecule has 0 spiro atoms. The van der Waals surface area contributed by atoms with Crippen LogP contribution in [-0.2, 0) is 0 Å². The van der Waals surface area contributed by atoms with Gasteiger partial charge in [-0.3, -0.25) is 0 Å². The Balaban J connectivity index is 2.32. The fourth-order valence-corrected chi connectivity index (χ4v) is 1.88. The third-order valence-electron chi connectivity index (χ3n) is 2.75. The molecular formula is C13H7N5O2. The molecule has 0 saturated heterocycles. The number of aromatic carboxylic acids is 1. The molecule has 3 aromatic rings. The average molecular weight is 265 g/mol. The Morgan fingerprint density at radius 2 is 2.15 bits per heavy atom. The highest BCUT2D eigenvalue weighted by molar-refractivity contribution is 5.95. The van der Waals surface area contributed by atoms with Crippen LogP contribution in [0, 0.1) is 11.3 Å². The van der Waals surface area contributed by atoms with Gasteiger partial charge >= 0.3 is 5.97 Å². The van der Waals surface area contributed by atoms with Crippen molar-refractivity contribution in [3.05, 3.63) is 48.2 Å². The molecular weight excluding hydrogens is 258 g/mol. The van der Waals surface area contributed by atoms with Gasteiger partial charge in [0.05, 0.1) is 0 Å². The highest BCUT2D eigenvalue weighted by Crippen LogP contribution is 2.21. The molecule has 0 bridgehead atoms.